The molecule has 0 saturated carbocycles. The summed E-state index contributed by atoms with van der Waals surface area (Å²) in [5.74, 6) is 0.741. The van der Waals surface area contributed by atoms with Crippen LogP contribution in [0.25, 0.3) is 0 Å². The molecule has 0 aromatic rings. The minimum atomic E-state index is 0.741. The smallest absolute Gasteiger partial charge is 0.0127 e. The zero-order valence-corrected chi connectivity index (χ0v) is 7.15. The standard InChI is InChI=1S/C10H16/c1-4-9-6-5-7-10(9)8(2)3/h5-6,8H,4,7H2,1-3H3. The van der Waals surface area contributed by atoms with Gasteiger partial charge in [-0.1, -0.05) is 38.5 Å². The van der Waals surface area contributed by atoms with Gasteiger partial charge in [0.2, 0.25) is 0 Å². The lowest BCUT2D eigenvalue weighted by Crippen LogP contribution is -1.93. The third-order valence-corrected chi connectivity index (χ3v) is 2.15. The van der Waals surface area contributed by atoms with Gasteiger partial charge in [0.05, 0.1) is 0 Å². The van der Waals surface area contributed by atoms with Gasteiger partial charge in [0.15, 0.2) is 0 Å². The molecule has 1 aliphatic rings. The van der Waals surface area contributed by atoms with Crippen molar-refractivity contribution in [3.63, 3.8) is 0 Å². The first-order chi connectivity index (χ1) is 4.75. The summed E-state index contributed by atoms with van der Waals surface area (Å²) >= 11 is 0. The maximum absolute atomic E-state index is 2.28. The van der Waals surface area contributed by atoms with Gasteiger partial charge in [-0.3, -0.25) is 0 Å². The predicted octanol–water partition coefficient (Wildman–Crippen LogP) is 3.31. The molecule has 1 rings (SSSR count). The molecule has 56 valence electrons. The summed E-state index contributed by atoms with van der Waals surface area (Å²) in [6.07, 6.45) is 6.94. The van der Waals surface area contributed by atoms with E-state index in [0.717, 1.165) is 5.92 Å². The molecule has 0 spiro atoms. The lowest BCUT2D eigenvalue weighted by Gasteiger charge is -2.08. The molecule has 0 N–H and O–H groups in total. The van der Waals surface area contributed by atoms with Crippen molar-refractivity contribution in [3.8, 4) is 0 Å². The summed E-state index contributed by atoms with van der Waals surface area (Å²) in [4.78, 5) is 0. The van der Waals surface area contributed by atoms with Crippen LogP contribution in [0.2, 0.25) is 0 Å². The average Bonchev–Trinajstić information content (AvgIpc) is 2.33. The molecule has 0 aromatic carbocycles. The highest BCUT2D eigenvalue weighted by Gasteiger charge is 2.09. The topological polar surface area (TPSA) is 0 Å². The van der Waals surface area contributed by atoms with Crippen molar-refractivity contribution in [2.24, 2.45) is 5.92 Å². The van der Waals surface area contributed by atoms with E-state index < -0.39 is 0 Å². The molecule has 10 heavy (non-hydrogen) atoms. The Morgan fingerprint density at radius 1 is 1.50 bits per heavy atom. The van der Waals surface area contributed by atoms with E-state index >= 15 is 0 Å². The van der Waals surface area contributed by atoms with Crippen molar-refractivity contribution in [1.82, 2.24) is 0 Å². The zero-order valence-electron chi connectivity index (χ0n) is 7.15. The van der Waals surface area contributed by atoms with Crippen molar-refractivity contribution in [1.29, 1.82) is 0 Å². The van der Waals surface area contributed by atoms with E-state index in [1.54, 1.807) is 11.1 Å². The zero-order chi connectivity index (χ0) is 7.56. The van der Waals surface area contributed by atoms with Crippen LogP contribution in [0, 0.1) is 5.92 Å². The second kappa shape index (κ2) is 3.05. The molecule has 0 heterocycles. The van der Waals surface area contributed by atoms with Crippen LogP contribution in [-0.2, 0) is 0 Å². The van der Waals surface area contributed by atoms with Crippen LogP contribution in [0.15, 0.2) is 23.3 Å². The molecular weight excluding hydrogens is 120 g/mol. The monoisotopic (exact) mass is 136 g/mol. The Hall–Kier alpha value is -0.520. The average molecular weight is 136 g/mol. The fourth-order valence-electron chi connectivity index (χ4n) is 1.52. The molecule has 0 saturated heterocycles. The van der Waals surface area contributed by atoms with Gasteiger partial charge in [-0.25, -0.2) is 0 Å². The highest BCUT2D eigenvalue weighted by molar-refractivity contribution is 5.34. The van der Waals surface area contributed by atoms with Crippen LogP contribution >= 0.6 is 0 Å². The number of rotatable bonds is 2. The van der Waals surface area contributed by atoms with Crippen LogP contribution in [0.3, 0.4) is 0 Å². The minimum Gasteiger partial charge on any atom is -0.0802 e. The lowest BCUT2D eigenvalue weighted by molar-refractivity contribution is 0.740. The molecule has 0 radical (unpaired) electrons. The van der Waals surface area contributed by atoms with E-state index in [2.05, 4.69) is 32.9 Å². The first kappa shape index (κ1) is 7.59. The Morgan fingerprint density at radius 3 is 2.60 bits per heavy atom. The van der Waals surface area contributed by atoms with Crippen molar-refractivity contribution in [2.75, 3.05) is 0 Å². The minimum absolute atomic E-state index is 0.741. The van der Waals surface area contributed by atoms with Crippen LogP contribution < -0.4 is 0 Å². The molecule has 0 heteroatoms. The second-order valence-electron chi connectivity index (χ2n) is 3.17. The fraction of sp³-hybridized carbons (Fsp3) is 0.600. The lowest BCUT2D eigenvalue weighted by atomic mass is 9.98. The van der Waals surface area contributed by atoms with Gasteiger partial charge in [0.25, 0.3) is 0 Å². The molecule has 0 fully saturated rings. The van der Waals surface area contributed by atoms with E-state index in [1.807, 2.05) is 0 Å². The Bertz CT molecular complexity index is 170. The molecular formula is C10H16. The summed E-state index contributed by atoms with van der Waals surface area (Å²) in [6.45, 7) is 6.78. The van der Waals surface area contributed by atoms with Crippen molar-refractivity contribution in [2.45, 2.75) is 33.6 Å². The Morgan fingerprint density at radius 2 is 2.20 bits per heavy atom. The Kier molecular flexibility index (Phi) is 2.31. The predicted molar refractivity (Wildman–Crippen MR) is 45.9 cm³/mol. The quantitative estimate of drug-likeness (QED) is 0.546. The third kappa shape index (κ3) is 1.31. The summed E-state index contributed by atoms with van der Waals surface area (Å²) in [6, 6.07) is 0. The van der Waals surface area contributed by atoms with Gasteiger partial charge in [0.1, 0.15) is 0 Å². The van der Waals surface area contributed by atoms with E-state index in [9.17, 15) is 0 Å². The van der Waals surface area contributed by atoms with Crippen LogP contribution in [-0.4, -0.2) is 0 Å². The molecule has 0 aromatic heterocycles. The van der Waals surface area contributed by atoms with Gasteiger partial charge in [-0.15, -0.1) is 0 Å². The van der Waals surface area contributed by atoms with E-state index in [1.165, 1.54) is 12.8 Å². The summed E-state index contributed by atoms with van der Waals surface area (Å²) in [5, 5.41) is 0. The molecule has 0 nitrogen and oxygen atoms in total. The molecule has 1 aliphatic carbocycles. The Balaban J connectivity index is 2.75. The van der Waals surface area contributed by atoms with E-state index in [4.69, 9.17) is 0 Å². The molecule has 0 aliphatic heterocycles. The summed E-state index contributed by atoms with van der Waals surface area (Å²) in [7, 11) is 0. The number of hydrogen-bond acceptors (Lipinski definition) is 0. The fourth-order valence-corrected chi connectivity index (χ4v) is 1.52. The van der Waals surface area contributed by atoms with Gasteiger partial charge in [-0.2, -0.15) is 0 Å². The van der Waals surface area contributed by atoms with Crippen LogP contribution in [0.4, 0.5) is 0 Å². The van der Waals surface area contributed by atoms with Crippen LogP contribution in [0.1, 0.15) is 33.6 Å². The van der Waals surface area contributed by atoms with Gasteiger partial charge >= 0.3 is 0 Å². The first-order valence-electron chi connectivity index (χ1n) is 4.14. The maximum atomic E-state index is 2.28. The molecule has 0 amide bonds. The SMILES string of the molecule is CCC1=C(C(C)C)CC=C1. The van der Waals surface area contributed by atoms with Gasteiger partial charge in [-0.05, 0) is 24.3 Å². The number of allylic oxidation sites excluding steroid dienone is 4. The molecule has 0 bridgehead atoms. The second-order valence-corrected chi connectivity index (χ2v) is 3.17. The Labute approximate surface area is 63.6 Å². The summed E-state index contributed by atoms with van der Waals surface area (Å²) < 4.78 is 0. The van der Waals surface area contributed by atoms with Crippen molar-refractivity contribution < 1.29 is 0 Å². The first-order valence-corrected chi connectivity index (χ1v) is 4.14. The van der Waals surface area contributed by atoms with Gasteiger partial charge in [0, 0.05) is 0 Å². The third-order valence-electron chi connectivity index (χ3n) is 2.15. The highest BCUT2D eigenvalue weighted by Crippen LogP contribution is 2.27. The largest absolute Gasteiger partial charge is 0.0802 e. The maximum Gasteiger partial charge on any atom is -0.0127 e. The van der Waals surface area contributed by atoms with Crippen molar-refractivity contribution >= 4 is 0 Å². The molecule has 0 atom stereocenters. The highest BCUT2D eigenvalue weighted by atomic mass is 14.1. The van der Waals surface area contributed by atoms with Gasteiger partial charge < -0.3 is 0 Å². The molecule has 0 unspecified atom stereocenters. The normalized spacial score (nSPS) is 17.6. The number of hydrogen-bond donors (Lipinski definition) is 0. The summed E-state index contributed by atoms with van der Waals surface area (Å²) in [5.41, 5.74) is 3.21. The van der Waals surface area contributed by atoms with E-state index in [-0.39, 0.29) is 0 Å². The van der Waals surface area contributed by atoms with E-state index in [0.29, 0.717) is 0 Å². The van der Waals surface area contributed by atoms with Crippen molar-refractivity contribution in [3.05, 3.63) is 23.3 Å². The van der Waals surface area contributed by atoms with Crippen LogP contribution in [0.5, 0.6) is 0 Å².